The monoisotopic (exact) mass is 854 g/mol. The first-order valence-electron chi connectivity index (χ1n) is 26.0. The van der Waals surface area contributed by atoms with Crippen molar-refractivity contribution in [3.05, 3.63) is 60.8 Å². The van der Waals surface area contributed by atoms with E-state index in [1.165, 1.54) is 109 Å². The minimum atomic E-state index is -0.796. The maximum Gasteiger partial charge on any atom is 0.306 e. The third kappa shape index (κ3) is 44.0. The van der Waals surface area contributed by atoms with E-state index in [1.807, 2.05) is 0 Å². The number of nitrogens with one attached hydrogen (secondary N) is 1. The van der Waals surface area contributed by atoms with Crippen LogP contribution in [0.4, 0.5) is 0 Å². The Morgan fingerprint density at radius 3 is 1.30 bits per heavy atom. The smallest absolute Gasteiger partial charge is 0.306 e. The summed E-state index contributed by atoms with van der Waals surface area (Å²) in [5, 5.41) is 23.7. The van der Waals surface area contributed by atoms with Gasteiger partial charge in [0.05, 0.1) is 25.2 Å². The average Bonchev–Trinajstić information content (AvgIpc) is 3.25. The predicted octanol–water partition coefficient (Wildman–Crippen LogP) is 15.6. The van der Waals surface area contributed by atoms with E-state index >= 15 is 0 Å². The number of unbranched alkanes of at least 4 members (excludes halogenated alkanes) is 24. The molecule has 61 heavy (non-hydrogen) atoms. The SMILES string of the molecule is CCCCC/C=C\C/C=C\C/C=C\CCCCCCC(=O)OC(CCCCCCC/C=C\C/C=C\CCCCC)CC(=O)NC(CO)C(O)CCCCCCCCCCCC. The van der Waals surface area contributed by atoms with Gasteiger partial charge in [-0.1, -0.05) is 204 Å². The number of hydrogen-bond donors (Lipinski definition) is 3. The van der Waals surface area contributed by atoms with Crippen LogP contribution in [0, 0.1) is 0 Å². The van der Waals surface area contributed by atoms with Crippen LogP contribution < -0.4 is 5.32 Å². The third-order valence-electron chi connectivity index (χ3n) is 11.6. The molecule has 0 spiro atoms. The molecule has 0 aromatic rings. The fourth-order valence-corrected chi connectivity index (χ4v) is 7.58. The summed E-state index contributed by atoms with van der Waals surface area (Å²) >= 11 is 0. The first-order chi connectivity index (χ1) is 30.0. The summed E-state index contributed by atoms with van der Waals surface area (Å²) < 4.78 is 5.92. The zero-order valence-corrected chi connectivity index (χ0v) is 40.3. The van der Waals surface area contributed by atoms with Gasteiger partial charge in [-0.2, -0.15) is 0 Å². The van der Waals surface area contributed by atoms with Crippen LogP contribution in [0.3, 0.4) is 0 Å². The minimum absolute atomic E-state index is 0.0579. The van der Waals surface area contributed by atoms with Gasteiger partial charge in [0.1, 0.15) is 6.10 Å². The Hall–Kier alpha value is -2.44. The first-order valence-corrected chi connectivity index (χ1v) is 26.0. The second kappa shape index (κ2) is 48.6. The number of carbonyl (C=O) groups is 2. The Morgan fingerprint density at radius 1 is 0.475 bits per heavy atom. The topological polar surface area (TPSA) is 95.9 Å². The number of allylic oxidation sites excluding steroid dienone is 10. The molecule has 0 rings (SSSR count). The summed E-state index contributed by atoms with van der Waals surface area (Å²) in [7, 11) is 0. The molecule has 0 aliphatic heterocycles. The number of aliphatic hydroxyl groups excluding tert-OH is 2. The van der Waals surface area contributed by atoms with Crippen LogP contribution in [0.2, 0.25) is 0 Å². The molecule has 3 N–H and O–H groups in total. The lowest BCUT2D eigenvalue weighted by Crippen LogP contribution is -2.46. The van der Waals surface area contributed by atoms with Gasteiger partial charge in [-0.05, 0) is 96.3 Å². The predicted molar refractivity (Wildman–Crippen MR) is 264 cm³/mol. The molecule has 0 aromatic heterocycles. The zero-order chi connectivity index (χ0) is 44.5. The Bertz CT molecular complexity index is 1090. The van der Waals surface area contributed by atoms with Crippen LogP contribution in [0.1, 0.15) is 252 Å². The summed E-state index contributed by atoms with van der Waals surface area (Å²) in [5.41, 5.74) is 0. The van der Waals surface area contributed by atoms with E-state index in [1.54, 1.807) is 0 Å². The van der Waals surface area contributed by atoms with Crippen molar-refractivity contribution in [3.63, 3.8) is 0 Å². The maximum atomic E-state index is 13.2. The number of aliphatic hydroxyl groups is 2. The van der Waals surface area contributed by atoms with Crippen molar-refractivity contribution < 1.29 is 24.5 Å². The summed E-state index contributed by atoms with van der Waals surface area (Å²) in [6, 6.07) is -0.711. The van der Waals surface area contributed by atoms with E-state index in [0.717, 1.165) is 96.3 Å². The van der Waals surface area contributed by atoms with Gasteiger partial charge in [-0.25, -0.2) is 0 Å². The largest absolute Gasteiger partial charge is 0.462 e. The molecule has 0 saturated heterocycles. The van der Waals surface area contributed by atoms with E-state index in [2.05, 4.69) is 86.8 Å². The normalized spacial score (nSPS) is 13.7. The highest BCUT2D eigenvalue weighted by atomic mass is 16.5. The molecule has 6 heteroatoms. The molecule has 0 aliphatic rings. The molecule has 0 fully saturated rings. The van der Waals surface area contributed by atoms with Gasteiger partial charge in [0.25, 0.3) is 0 Å². The van der Waals surface area contributed by atoms with E-state index < -0.39 is 18.2 Å². The van der Waals surface area contributed by atoms with E-state index in [4.69, 9.17) is 4.74 Å². The molecular weight excluding hydrogens is 755 g/mol. The Labute approximate surface area is 378 Å². The fourth-order valence-electron chi connectivity index (χ4n) is 7.58. The van der Waals surface area contributed by atoms with Gasteiger partial charge in [-0.3, -0.25) is 9.59 Å². The highest BCUT2D eigenvalue weighted by molar-refractivity contribution is 5.77. The highest BCUT2D eigenvalue weighted by Gasteiger charge is 2.24. The van der Waals surface area contributed by atoms with E-state index in [0.29, 0.717) is 19.3 Å². The number of carbonyl (C=O) groups excluding carboxylic acids is 2. The lowest BCUT2D eigenvalue weighted by Gasteiger charge is -2.24. The van der Waals surface area contributed by atoms with Crippen molar-refractivity contribution in [1.82, 2.24) is 5.32 Å². The Morgan fingerprint density at radius 2 is 0.836 bits per heavy atom. The Balaban J connectivity index is 4.65. The van der Waals surface area contributed by atoms with Crippen LogP contribution in [0.5, 0.6) is 0 Å². The lowest BCUT2D eigenvalue weighted by molar-refractivity contribution is -0.151. The van der Waals surface area contributed by atoms with Gasteiger partial charge in [0.15, 0.2) is 0 Å². The number of ether oxygens (including phenoxy) is 1. The van der Waals surface area contributed by atoms with Gasteiger partial charge >= 0.3 is 5.97 Å². The van der Waals surface area contributed by atoms with Crippen molar-refractivity contribution in [3.8, 4) is 0 Å². The molecule has 6 nitrogen and oxygen atoms in total. The second-order valence-corrected chi connectivity index (χ2v) is 17.6. The molecule has 0 bridgehead atoms. The summed E-state index contributed by atoms with van der Waals surface area (Å²) in [6.07, 6.45) is 59.9. The van der Waals surface area contributed by atoms with Gasteiger partial charge in [0.2, 0.25) is 5.91 Å². The van der Waals surface area contributed by atoms with Crippen molar-refractivity contribution >= 4 is 11.9 Å². The first kappa shape index (κ1) is 58.6. The van der Waals surface area contributed by atoms with E-state index in [9.17, 15) is 19.8 Å². The molecule has 3 unspecified atom stereocenters. The maximum absolute atomic E-state index is 13.2. The second-order valence-electron chi connectivity index (χ2n) is 17.6. The fraction of sp³-hybridized carbons (Fsp3) is 0.782. The molecule has 1 amide bonds. The minimum Gasteiger partial charge on any atom is -0.462 e. The number of rotatable bonds is 46. The summed E-state index contributed by atoms with van der Waals surface area (Å²) in [5.74, 6) is -0.512. The van der Waals surface area contributed by atoms with Crippen LogP contribution in [0.15, 0.2) is 60.8 Å². The quantitative estimate of drug-likeness (QED) is 0.0322. The summed E-state index contributed by atoms with van der Waals surface area (Å²) in [4.78, 5) is 26.1. The van der Waals surface area contributed by atoms with Gasteiger partial charge < -0.3 is 20.3 Å². The van der Waals surface area contributed by atoms with Crippen molar-refractivity contribution in [2.75, 3.05) is 6.61 Å². The Kier molecular flexibility index (Phi) is 46.6. The molecule has 354 valence electrons. The van der Waals surface area contributed by atoms with Crippen molar-refractivity contribution in [2.24, 2.45) is 0 Å². The molecule has 0 saturated carbocycles. The van der Waals surface area contributed by atoms with Crippen LogP contribution in [-0.2, 0) is 14.3 Å². The molecular formula is C55H99NO5. The number of hydrogen-bond acceptors (Lipinski definition) is 5. The van der Waals surface area contributed by atoms with Gasteiger partial charge in [-0.15, -0.1) is 0 Å². The average molecular weight is 854 g/mol. The van der Waals surface area contributed by atoms with Crippen LogP contribution in [0.25, 0.3) is 0 Å². The standard InChI is InChI=1S/C55H99NO5/c1-4-7-10-13-16-19-22-24-26-27-29-31-33-36-39-42-45-48-55(60)61-51(46-43-40-37-34-32-30-28-25-23-20-17-14-11-8-5-2)49-54(59)56-52(50-57)53(58)47-44-41-38-35-21-18-15-12-9-6-3/h16-17,19-20,24-26,28-29,31,51-53,57-58H,4-15,18,21-23,27,30,32-50H2,1-3H3,(H,56,59)/b19-16-,20-17-,26-24-,28-25-,31-29-. The number of amides is 1. The molecule has 3 atom stereocenters. The number of esters is 1. The van der Waals surface area contributed by atoms with Crippen molar-refractivity contribution in [1.29, 1.82) is 0 Å². The van der Waals surface area contributed by atoms with Gasteiger partial charge in [0, 0.05) is 6.42 Å². The highest BCUT2D eigenvalue weighted by Crippen LogP contribution is 2.17. The zero-order valence-electron chi connectivity index (χ0n) is 40.3. The lowest BCUT2D eigenvalue weighted by atomic mass is 10.0. The summed E-state index contributed by atoms with van der Waals surface area (Å²) in [6.45, 7) is 6.41. The van der Waals surface area contributed by atoms with Crippen LogP contribution >= 0.6 is 0 Å². The molecule has 0 radical (unpaired) electrons. The molecule has 0 aromatic carbocycles. The van der Waals surface area contributed by atoms with Crippen LogP contribution in [-0.4, -0.2) is 46.9 Å². The third-order valence-corrected chi connectivity index (χ3v) is 11.6. The van der Waals surface area contributed by atoms with Crippen molar-refractivity contribution in [2.45, 2.75) is 270 Å². The molecule has 0 heterocycles. The molecule has 0 aliphatic carbocycles. The van der Waals surface area contributed by atoms with E-state index in [-0.39, 0.29) is 24.9 Å².